The first-order valence-electron chi connectivity index (χ1n) is 7.38. The predicted molar refractivity (Wildman–Crippen MR) is 90.2 cm³/mol. The van der Waals surface area contributed by atoms with Gasteiger partial charge in [0.25, 0.3) is 11.6 Å². The highest BCUT2D eigenvalue weighted by molar-refractivity contribution is 5.97. The number of methoxy groups -OCH3 is 1. The molecule has 0 fully saturated rings. The van der Waals surface area contributed by atoms with Crippen LogP contribution in [0.25, 0.3) is 0 Å². The second-order valence-corrected chi connectivity index (χ2v) is 5.29. The topological polar surface area (TPSA) is 125 Å². The Morgan fingerprint density at radius 2 is 1.92 bits per heavy atom. The van der Waals surface area contributed by atoms with Gasteiger partial charge in [-0.05, 0) is 23.8 Å². The van der Waals surface area contributed by atoms with Crippen LogP contribution in [-0.2, 0) is 11.2 Å². The molecule has 2 aromatic rings. The van der Waals surface area contributed by atoms with Crippen LogP contribution in [0, 0.1) is 10.1 Å². The number of hydrogen-bond donors (Lipinski definition) is 2. The number of benzene rings is 2. The Balaban J connectivity index is 2.12. The molecular formula is C17H17N3O5. The maximum atomic E-state index is 12.3. The molecule has 1 atom stereocenters. The minimum absolute atomic E-state index is 0.0789. The number of ether oxygens (including phenoxy) is 1. The molecule has 0 saturated carbocycles. The van der Waals surface area contributed by atoms with Crippen molar-refractivity contribution in [2.24, 2.45) is 5.73 Å². The van der Waals surface area contributed by atoms with E-state index in [1.807, 2.05) is 0 Å². The molecule has 0 radical (unpaired) electrons. The van der Waals surface area contributed by atoms with E-state index in [0.717, 1.165) is 11.6 Å². The van der Waals surface area contributed by atoms with E-state index in [-0.39, 0.29) is 17.7 Å². The highest BCUT2D eigenvalue weighted by atomic mass is 16.6. The summed E-state index contributed by atoms with van der Waals surface area (Å²) in [6, 6.07) is 11.3. The van der Waals surface area contributed by atoms with Gasteiger partial charge in [-0.25, -0.2) is 0 Å². The Bertz CT molecular complexity index is 789. The Morgan fingerprint density at radius 3 is 2.48 bits per heavy atom. The number of nitrogens with two attached hydrogens (primary N) is 1. The van der Waals surface area contributed by atoms with Crippen LogP contribution in [0.15, 0.2) is 48.5 Å². The van der Waals surface area contributed by atoms with Gasteiger partial charge in [0.15, 0.2) is 0 Å². The lowest BCUT2D eigenvalue weighted by Gasteiger charge is -2.16. The van der Waals surface area contributed by atoms with Crippen molar-refractivity contribution in [3.05, 3.63) is 69.8 Å². The molecule has 2 rings (SSSR count). The summed E-state index contributed by atoms with van der Waals surface area (Å²) in [7, 11) is 1.54. The summed E-state index contributed by atoms with van der Waals surface area (Å²) in [6.45, 7) is 0. The second-order valence-electron chi connectivity index (χ2n) is 5.29. The second kappa shape index (κ2) is 7.91. The van der Waals surface area contributed by atoms with Crippen molar-refractivity contribution in [2.75, 3.05) is 7.11 Å². The standard InChI is InChI=1S/C17H17N3O5/c1-25-14-7-5-11(6-8-14)9-15(16(18)21)19-17(22)12-3-2-4-13(10-12)20(23)24/h2-8,10,15H,9H2,1H3,(H2,18,21)(H,19,22)/t15-/m1/s1. The van der Waals surface area contributed by atoms with E-state index in [1.54, 1.807) is 31.4 Å². The fourth-order valence-electron chi connectivity index (χ4n) is 2.22. The molecule has 0 aliphatic heterocycles. The molecule has 0 aliphatic rings. The Labute approximate surface area is 143 Å². The number of carbonyl (C=O) groups is 2. The van der Waals surface area contributed by atoms with Gasteiger partial charge in [0.05, 0.1) is 12.0 Å². The highest BCUT2D eigenvalue weighted by Crippen LogP contribution is 2.15. The molecule has 0 saturated heterocycles. The van der Waals surface area contributed by atoms with E-state index in [9.17, 15) is 19.7 Å². The van der Waals surface area contributed by atoms with Gasteiger partial charge in [-0.1, -0.05) is 18.2 Å². The van der Waals surface area contributed by atoms with Crippen molar-refractivity contribution in [1.82, 2.24) is 5.32 Å². The summed E-state index contributed by atoms with van der Waals surface area (Å²) >= 11 is 0. The largest absolute Gasteiger partial charge is 0.497 e. The van der Waals surface area contributed by atoms with E-state index in [1.165, 1.54) is 18.2 Å². The molecule has 3 N–H and O–H groups in total. The van der Waals surface area contributed by atoms with Crippen molar-refractivity contribution in [3.8, 4) is 5.75 Å². The number of rotatable bonds is 7. The van der Waals surface area contributed by atoms with E-state index in [2.05, 4.69) is 5.32 Å². The van der Waals surface area contributed by atoms with Crippen LogP contribution in [0.2, 0.25) is 0 Å². The lowest BCUT2D eigenvalue weighted by atomic mass is 10.0. The minimum Gasteiger partial charge on any atom is -0.497 e. The van der Waals surface area contributed by atoms with E-state index in [4.69, 9.17) is 10.5 Å². The molecule has 0 spiro atoms. The number of nitro benzene ring substituents is 1. The third-order valence-corrected chi connectivity index (χ3v) is 3.57. The minimum atomic E-state index is -0.944. The maximum absolute atomic E-state index is 12.3. The Kier molecular flexibility index (Phi) is 5.67. The fourth-order valence-corrected chi connectivity index (χ4v) is 2.22. The van der Waals surface area contributed by atoms with Crippen molar-refractivity contribution in [3.63, 3.8) is 0 Å². The number of nitrogens with one attached hydrogen (secondary N) is 1. The molecule has 2 amide bonds. The number of carbonyl (C=O) groups excluding carboxylic acids is 2. The number of non-ortho nitro benzene ring substituents is 1. The number of nitro groups is 1. The molecule has 8 nitrogen and oxygen atoms in total. The summed E-state index contributed by atoms with van der Waals surface area (Å²) in [4.78, 5) is 34.1. The normalized spacial score (nSPS) is 11.4. The summed E-state index contributed by atoms with van der Waals surface area (Å²) in [5.74, 6) is -0.643. The molecule has 130 valence electrons. The number of nitrogens with zero attached hydrogens (tertiary/aromatic N) is 1. The predicted octanol–water partition coefficient (Wildman–Crippen LogP) is 1.43. The van der Waals surface area contributed by atoms with Gasteiger partial charge in [0.1, 0.15) is 11.8 Å². The SMILES string of the molecule is COc1ccc(C[C@@H](NC(=O)c2cccc([N+](=O)[O-])c2)C(N)=O)cc1. The summed E-state index contributed by atoms with van der Waals surface area (Å²) in [5, 5.41) is 13.3. The first-order valence-corrected chi connectivity index (χ1v) is 7.38. The van der Waals surface area contributed by atoms with E-state index >= 15 is 0 Å². The van der Waals surface area contributed by atoms with Gasteiger partial charge in [-0.15, -0.1) is 0 Å². The third kappa shape index (κ3) is 4.77. The monoisotopic (exact) mass is 343 g/mol. The van der Waals surface area contributed by atoms with Gasteiger partial charge in [0, 0.05) is 24.1 Å². The average Bonchev–Trinajstić information content (AvgIpc) is 2.61. The smallest absolute Gasteiger partial charge is 0.270 e. The Morgan fingerprint density at radius 1 is 1.24 bits per heavy atom. The fraction of sp³-hybridized carbons (Fsp3) is 0.176. The van der Waals surface area contributed by atoms with Gasteiger partial charge in [-0.3, -0.25) is 19.7 Å². The van der Waals surface area contributed by atoms with Crippen LogP contribution in [0.4, 0.5) is 5.69 Å². The highest BCUT2D eigenvalue weighted by Gasteiger charge is 2.20. The van der Waals surface area contributed by atoms with E-state index < -0.39 is 22.8 Å². The molecule has 8 heteroatoms. The van der Waals surface area contributed by atoms with Gasteiger partial charge in [-0.2, -0.15) is 0 Å². The Hall–Kier alpha value is -3.42. The maximum Gasteiger partial charge on any atom is 0.270 e. The molecule has 2 aromatic carbocycles. The van der Waals surface area contributed by atoms with Crippen molar-refractivity contribution < 1.29 is 19.2 Å². The van der Waals surface area contributed by atoms with Gasteiger partial charge in [0.2, 0.25) is 5.91 Å². The first-order chi connectivity index (χ1) is 11.9. The van der Waals surface area contributed by atoms with Crippen LogP contribution in [0.1, 0.15) is 15.9 Å². The van der Waals surface area contributed by atoms with Crippen molar-refractivity contribution in [2.45, 2.75) is 12.5 Å². The first kappa shape index (κ1) is 17.9. The van der Waals surface area contributed by atoms with Crippen LogP contribution in [0.3, 0.4) is 0 Å². The van der Waals surface area contributed by atoms with E-state index in [0.29, 0.717) is 5.75 Å². The quantitative estimate of drug-likeness (QED) is 0.581. The molecule has 0 bridgehead atoms. The zero-order valence-corrected chi connectivity index (χ0v) is 13.5. The number of amides is 2. The number of primary amides is 1. The lowest BCUT2D eigenvalue weighted by molar-refractivity contribution is -0.384. The number of hydrogen-bond acceptors (Lipinski definition) is 5. The lowest BCUT2D eigenvalue weighted by Crippen LogP contribution is -2.45. The summed E-state index contributed by atoms with van der Waals surface area (Å²) in [5.41, 5.74) is 6.01. The third-order valence-electron chi connectivity index (χ3n) is 3.57. The molecule has 0 aliphatic carbocycles. The van der Waals surface area contributed by atoms with Gasteiger partial charge >= 0.3 is 0 Å². The zero-order chi connectivity index (χ0) is 18.4. The molecular weight excluding hydrogens is 326 g/mol. The average molecular weight is 343 g/mol. The van der Waals surface area contributed by atoms with Gasteiger partial charge < -0.3 is 15.8 Å². The van der Waals surface area contributed by atoms with Crippen LogP contribution in [0.5, 0.6) is 5.75 Å². The van der Waals surface area contributed by atoms with Crippen molar-refractivity contribution in [1.29, 1.82) is 0 Å². The molecule has 0 heterocycles. The zero-order valence-electron chi connectivity index (χ0n) is 13.5. The van der Waals surface area contributed by atoms with Crippen LogP contribution < -0.4 is 15.8 Å². The van der Waals surface area contributed by atoms with Crippen LogP contribution in [-0.4, -0.2) is 29.9 Å². The molecule has 0 unspecified atom stereocenters. The van der Waals surface area contributed by atoms with Crippen LogP contribution >= 0.6 is 0 Å². The molecule has 0 aromatic heterocycles. The van der Waals surface area contributed by atoms with Crippen molar-refractivity contribution >= 4 is 17.5 Å². The molecule has 25 heavy (non-hydrogen) atoms. The summed E-state index contributed by atoms with van der Waals surface area (Å²) < 4.78 is 5.06. The summed E-state index contributed by atoms with van der Waals surface area (Å²) in [6.07, 6.45) is 0.194.